The van der Waals surface area contributed by atoms with E-state index in [0.29, 0.717) is 11.8 Å². The van der Waals surface area contributed by atoms with Crippen molar-refractivity contribution in [1.29, 1.82) is 0 Å². The number of rotatable bonds is 6. The van der Waals surface area contributed by atoms with E-state index in [1.165, 1.54) is 0 Å². The first kappa shape index (κ1) is 21.7. The molecule has 5 rings (SSSR count). The standard InChI is InChI=1S/C27H31N3O3/c1-20-25(19-29-16-12-21(13-17-29)27(31)30-14-5-6-15-30)28-26(32-20)22-8-7-11-24(18-22)33-23-9-3-2-4-10-23/h2-4,7-11,18,21H,5-6,12-17,19H2,1H3. The summed E-state index contributed by atoms with van der Waals surface area (Å²) < 4.78 is 12.0. The molecular weight excluding hydrogens is 414 g/mol. The predicted octanol–water partition coefficient (Wildman–Crippen LogP) is 5.28. The Hall–Kier alpha value is -3.12. The van der Waals surface area contributed by atoms with E-state index in [0.717, 1.165) is 86.9 Å². The van der Waals surface area contributed by atoms with Gasteiger partial charge >= 0.3 is 0 Å². The summed E-state index contributed by atoms with van der Waals surface area (Å²) in [6.45, 7) is 6.45. The largest absolute Gasteiger partial charge is 0.457 e. The van der Waals surface area contributed by atoms with Crippen molar-refractivity contribution >= 4 is 5.91 Å². The topological polar surface area (TPSA) is 58.8 Å². The number of oxazole rings is 1. The number of hydrogen-bond acceptors (Lipinski definition) is 5. The average molecular weight is 446 g/mol. The average Bonchev–Trinajstić information content (AvgIpc) is 3.51. The van der Waals surface area contributed by atoms with Crippen molar-refractivity contribution in [2.45, 2.75) is 39.2 Å². The number of hydrogen-bond donors (Lipinski definition) is 0. The van der Waals surface area contributed by atoms with Crippen LogP contribution in [0.4, 0.5) is 0 Å². The summed E-state index contributed by atoms with van der Waals surface area (Å²) in [5, 5.41) is 0. The summed E-state index contributed by atoms with van der Waals surface area (Å²) >= 11 is 0. The van der Waals surface area contributed by atoms with Gasteiger partial charge in [-0.05, 0) is 76.0 Å². The summed E-state index contributed by atoms with van der Waals surface area (Å²) in [7, 11) is 0. The lowest BCUT2D eigenvalue weighted by molar-refractivity contribution is -0.136. The van der Waals surface area contributed by atoms with Gasteiger partial charge in [0.2, 0.25) is 11.8 Å². The first-order chi connectivity index (χ1) is 16.2. The van der Waals surface area contributed by atoms with E-state index in [9.17, 15) is 4.79 Å². The Kier molecular flexibility index (Phi) is 6.44. The molecule has 0 radical (unpaired) electrons. The van der Waals surface area contributed by atoms with Crippen LogP contribution in [0.3, 0.4) is 0 Å². The number of carbonyl (C=O) groups is 1. The van der Waals surface area contributed by atoms with Gasteiger partial charge in [-0.1, -0.05) is 24.3 Å². The first-order valence-electron chi connectivity index (χ1n) is 12.0. The molecule has 2 saturated heterocycles. The van der Waals surface area contributed by atoms with E-state index in [2.05, 4.69) is 9.80 Å². The van der Waals surface area contributed by atoms with Crippen LogP contribution in [0.2, 0.25) is 0 Å². The highest BCUT2D eigenvalue weighted by Crippen LogP contribution is 2.29. The molecule has 6 nitrogen and oxygen atoms in total. The van der Waals surface area contributed by atoms with Gasteiger partial charge in [0.15, 0.2) is 0 Å². The number of para-hydroxylation sites is 1. The van der Waals surface area contributed by atoms with Gasteiger partial charge in [-0.25, -0.2) is 4.98 Å². The molecule has 1 aromatic heterocycles. The molecule has 0 spiro atoms. The van der Waals surface area contributed by atoms with Crippen LogP contribution in [0.1, 0.15) is 37.1 Å². The second-order valence-electron chi connectivity index (χ2n) is 9.05. The van der Waals surface area contributed by atoms with Crippen molar-refractivity contribution < 1.29 is 13.9 Å². The quantitative estimate of drug-likeness (QED) is 0.517. The molecule has 0 saturated carbocycles. The van der Waals surface area contributed by atoms with E-state index >= 15 is 0 Å². The lowest BCUT2D eigenvalue weighted by Gasteiger charge is -2.32. The third kappa shape index (κ3) is 5.11. The minimum absolute atomic E-state index is 0.181. The van der Waals surface area contributed by atoms with Gasteiger partial charge in [0, 0.05) is 31.1 Å². The van der Waals surface area contributed by atoms with E-state index < -0.39 is 0 Å². The van der Waals surface area contributed by atoms with Crippen LogP contribution >= 0.6 is 0 Å². The molecule has 3 heterocycles. The highest BCUT2D eigenvalue weighted by atomic mass is 16.5. The van der Waals surface area contributed by atoms with E-state index in [1.807, 2.05) is 61.5 Å². The van der Waals surface area contributed by atoms with Gasteiger partial charge in [-0.2, -0.15) is 0 Å². The van der Waals surface area contributed by atoms with E-state index in [1.54, 1.807) is 0 Å². The van der Waals surface area contributed by atoms with Crippen molar-refractivity contribution in [2.75, 3.05) is 26.2 Å². The molecule has 2 aliphatic heterocycles. The normalized spacial score (nSPS) is 17.4. The summed E-state index contributed by atoms with van der Waals surface area (Å²) in [6, 6.07) is 17.6. The Morgan fingerprint density at radius 3 is 2.48 bits per heavy atom. The Balaban J connectivity index is 1.21. The Morgan fingerprint density at radius 2 is 1.73 bits per heavy atom. The van der Waals surface area contributed by atoms with E-state index in [4.69, 9.17) is 14.1 Å². The number of nitrogens with zero attached hydrogens (tertiary/aromatic N) is 3. The zero-order valence-electron chi connectivity index (χ0n) is 19.2. The third-order valence-corrected chi connectivity index (χ3v) is 6.68. The highest BCUT2D eigenvalue weighted by Gasteiger charge is 2.30. The summed E-state index contributed by atoms with van der Waals surface area (Å²) in [5.41, 5.74) is 1.86. The maximum atomic E-state index is 12.7. The number of aromatic nitrogens is 1. The number of aryl methyl sites for hydroxylation is 1. The lowest BCUT2D eigenvalue weighted by Crippen LogP contribution is -2.41. The highest BCUT2D eigenvalue weighted by molar-refractivity contribution is 5.79. The fourth-order valence-corrected chi connectivity index (χ4v) is 4.76. The summed E-state index contributed by atoms with van der Waals surface area (Å²) in [5.74, 6) is 3.55. The zero-order valence-corrected chi connectivity index (χ0v) is 19.2. The van der Waals surface area contributed by atoms with Gasteiger partial charge < -0.3 is 14.1 Å². The Labute approximate surface area is 195 Å². The van der Waals surface area contributed by atoms with Gasteiger partial charge in [-0.3, -0.25) is 9.69 Å². The molecule has 0 unspecified atom stereocenters. The Morgan fingerprint density at radius 1 is 1.00 bits per heavy atom. The zero-order chi connectivity index (χ0) is 22.6. The molecule has 2 fully saturated rings. The summed E-state index contributed by atoms with van der Waals surface area (Å²) in [6.07, 6.45) is 4.16. The molecule has 1 amide bonds. The SMILES string of the molecule is Cc1oc(-c2cccc(Oc3ccccc3)c2)nc1CN1CCC(C(=O)N2CCCC2)CC1. The van der Waals surface area contributed by atoms with E-state index in [-0.39, 0.29) is 5.92 Å². The number of piperidine rings is 1. The number of likely N-dealkylation sites (tertiary alicyclic amines) is 2. The molecule has 3 aromatic rings. The fourth-order valence-electron chi connectivity index (χ4n) is 4.76. The number of ether oxygens (including phenoxy) is 1. The minimum Gasteiger partial charge on any atom is -0.457 e. The van der Waals surface area contributed by atoms with Crippen LogP contribution in [0.5, 0.6) is 11.5 Å². The second-order valence-corrected chi connectivity index (χ2v) is 9.05. The van der Waals surface area contributed by atoms with Gasteiger partial charge in [0.1, 0.15) is 17.3 Å². The number of carbonyl (C=O) groups excluding carboxylic acids is 1. The van der Waals surface area contributed by atoms with Crippen LogP contribution in [0.25, 0.3) is 11.5 Å². The Bertz CT molecular complexity index is 1080. The molecule has 0 atom stereocenters. The molecule has 2 aliphatic rings. The van der Waals surface area contributed by atoms with Crippen molar-refractivity contribution in [1.82, 2.24) is 14.8 Å². The van der Waals surface area contributed by atoms with Crippen LogP contribution < -0.4 is 4.74 Å². The molecule has 0 bridgehead atoms. The maximum Gasteiger partial charge on any atom is 0.226 e. The third-order valence-electron chi connectivity index (χ3n) is 6.68. The van der Waals surface area contributed by atoms with Gasteiger partial charge in [0.05, 0.1) is 5.69 Å². The van der Waals surface area contributed by atoms with Crippen LogP contribution in [0.15, 0.2) is 59.0 Å². The predicted molar refractivity (Wildman–Crippen MR) is 127 cm³/mol. The van der Waals surface area contributed by atoms with Crippen molar-refractivity contribution in [2.24, 2.45) is 5.92 Å². The minimum atomic E-state index is 0.181. The van der Waals surface area contributed by atoms with Crippen molar-refractivity contribution in [3.8, 4) is 23.0 Å². The molecule has 2 aromatic carbocycles. The summed E-state index contributed by atoms with van der Waals surface area (Å²) in [4.78, 5) is 21.9. The first-order valence-corrected chi connectivity index (χ1v) is 12.0. The van der Waals surface area contributed by atoms with Crippen LogP contribution in [-0.4, -0.2) is 46.9 Å². The molecule has 0 N–H and O–H groups in total. The van der Waals surface area contributed by atoms with Crippen molar-refractivity contribution in [3.63, 3.8) is 0 Å². The molecule has 172 valence electrons. The maximum absolute atomic E-state index is 12.7. The molecule has 6 heteroatoms. The van der Waals surface area contributed by atoms with Crippen LogP contribution in [-0.2, 0) is 11.3 Å². The molecule has 33 heavy (non-hydrogen) atoms. The van der Waals surface area contributed by atoms with Gasteiger partial charge in [0.25, 0.3) is 0 Å². The second kappa shape index (κ2) is 9.79. The van der Waals surface area contributed by atoms with Crippen LogP contribution in [0, 0.1) is 12.8 Å². The van der Waals surface area contributed by atoms with Crippen molar-refractivity contribution in [3.05, 3.63) is 66.1 Å². The van der Waals surface area contributed by atoms with Gasteiger partial charge in [-0.15, -0.1) is 0 Å². The number of benzene rings is 2. The number of amides is 1. The smallest absolute Gasteiger partial charge is 0.226 e. The molecule has 0 aliphatic carbocycles. The lowest BCUT2D eigenvalue weighted by atomic mass is 9.95. The fraction of sp³-hybridized carbons (Fsp3) is 0.407. The molecular formula is C27H31N3O3. The monoisotopic (exact) mass is 445 g/mol.